The van der Waals surface area contributed by atoms with Crippen molar-refractivity contribution >= 4 is 0 Å². The monoisotopic (exact) mass is 255 g/mol. The maximum atomic E-state index is 10.1. The average Bonchev–Trinajstić information content (AvgIpc) is 2.87. The predicted octanol–water partition coefficient (Wildman–Crippen LogP) is 2.25. The Labute approximate surface area is 109 Å². The third kappa shape index (κ3) is 5.21. The maximum absolute atomic E-state index is 10.1. The molecule has 18 heavy (non-hydrogen) atoms. The molecule has 1 aromatic rings. The first-order chi connectivity index (χ1) is 8.65. The molecule has 3 N–H and O–H groups in total. The van der Waals surface area contributed by atoms with E-state index in [-0.39, 0.29) is 5.92 Å². The highest BCUT2D eigenvalue weighted by Crippen LogP contribution is 2.24. The van der Waals surface area contributed by atoms with E-state index in [0.717, 1.165) is 18.5 Å². The number of nitrogens with one attached hydrogen (secondary N) is 1. The van der Waals surface area contributed by atoms with E-state index < -0.39 is 12.2 Å². The van der Waals surface area contributed by atoms with Crippen LogP contribution in [0.1, 0.15) is 44.9 Å². The van der Waals surface area contributed by atoms with E-state index >= 15 is 0 Å². The van der Waals surface area contributed by atoms with Gasteiger partial charge in [0.2, 0.25) is 0 Å². The fourth-order valence-electron chi connectivity index (χ4n) is 1.93. The van der Waals surface area contributed by atoms with Gasteiger partial charge in [-0.25, -0.2) is 0 Å². The van der Waals surface area contributed by atoms with Gasteiger partial charge in [0.15, 0.2) is 0 Å². The number of aromatic nitrogens is 1. The Morgan fingerprint density at radius 3 is 2.78 bits per heavy atom. The van der Waals surface area contributed by atoms with Crippen molar-refractivity contribution in [3.05, 3.63) is 24.0 Å². The molecule has 0 spiro atoms. The van der Waals surface area contributed by atoms with Crippen molar-refractivity contribution in [1.29, 1.82) is 0 Å². The Morgan fingerprint density at radius 1 is 1.39 bits per heavy atom. The van der Waals surface area contributed by atoms with Crippen LogP contribution in [-0.4, -0.2) is 34.5 Å². The first-order valence-corrected chi connectivity index (χ1v) is 6.72. The van der Waals surface area contributed by atoms with Gasteiger partial charge in [-0.05, 0) is 30.9 Å². The number of aliphatic hydroxyl groups is 2. The molecule has 0 aliphatic carbocycles. The molecular formula is C14H25NO3. The van der Waals surface area contributed by atoms with Crippen molar-refractivity contribution in [2.24, 2.45) is 5.92 Å². The van der Waals surface area contributed by atoms with Crippen LogP contribution >= 0.6 is 0 Å². The van der Waals surface area contributed by atoms with E-state index in [9.17, 15) is 10.2 Å². The molecular weight excluding hydrogens is 230 g/mol. The molecule has 104 valence electrons. The summed E-state index contributed by atoms with van der Waals surface area (Å²) in [5, 5.41) is 19.9. The highest BCUT2D eigenvalue weighted by Gasteiger charge is 2.20. The zero-order valence-corrected chi connectivity index (χ0v) is 11.3. The summed E-state index contributed by atoms with van der Waals surface area (Å²) in [6.45, 7) is 5.08. The van der Waals surface area contributed by atoms with Gasteiger partial charge in [-0.2, -0.15) is 0 Å². The first kappa shape index (κ1) is 15.2. The number of H-pyrrole nitrogens is 1. The SMILES string of the molecule is CCCCOC[C@@H](O)C[C@H](C)C(O)c1ccc[nH]1. The number of aromatic amines is 1. The third-order valence-electron chi connectivity index (χ3n) is 3.08. The number of ether oxygens (including phenoxy) is 1. The Hall–Kier alpha value is -0.840. The zero-order valence-electron chi connectivity index (χ0n) is 11.3. The molecule has 1 heterocycles. The smallest absolute Gasteiger partial charge is 0.0963 e. The lowest BCUT2D eigenvalue weighted by Crippen LogP contribution is -2.22. The van der Waals surface area contributed by atoms with Crippen LogP contribution in [0.2, 0.25) is 0 Å². The highest BCUT2D eigenvalue weighted by molar-refractivity contribution is 5.07. The van der Waals surface area contributed by atoms with Crippen LogP contribution in [0.15, 0.2) is 18.3 Å². The Kier molecular flexibility index (Phi) is 7.01. The fourth-order valence-corrected chi connectivity index (χ4v) is 1.93. The van der Waals surface area contributed by atoms with Crippen LogP contribution in [0, 0.1) is 5.92 Å². The quantitative estimate of drug-likeness (QED) is 0.593. The van der Waals surface area contributed by atoms with Gasteiger partial charge in [-0.15, -0.1) is 0 Å². The van der Waals surface area contributed by atoms with E-state index in [1.807, 2.05) is 19.1 Å². The lowest BCUT2D eigenvalue weighted by Gasteiger charge is -2.21. The van der Waals surface area contributed by atoms with E-state index in [0.29, 0.717) is 19.6 Å². The van der Waals surface area contributed by atoms with Gasteiger partial charge in [0.1, 0.15) is 0 Å². The standard InChI is InChI=1S/C14H25NO3/c1-3-4-8-18-10-12(16)9-11(2)14(17)13-6-5-7-15-13/h5-7,11-12,14-17H,3-4,8-10H2,1-2H3/t11-,12-,14?/m0/s1. The maximum Gasteiger partial charge on any atom is 0.0963 e. The van der Waals surface area contributed by atoms with Crippen molar-refractivity contribution in [3.63, 3.8) is 0 Å². The van der Waals surface area contributed by atoms with Gasteiger partial charge in [0.05, 0.1) is 18.8 Å². The topological polar surface area (TPSA) is 65.5 Å². The molecule has 0 aliphatic rings. The molecule has 0 saturated carbocycles. The molecule has 0 fully saturated rings. The van der Waals surface area contributed by atoms with Crippen LogP contribution in [-0.2, 0) is 4.74 Å². The highest BCUT2D eigenvalue weighted by atomic mass is 16.5. The minimum absolute atomic E-state index is 0.00609. The Morgan fingerprint density at radius 2 is 2.17 bits per heavy atom. The Balaban J connectivity index is 2.24. The second-order valence-corrected chi connectivity index (χ2v) is 4.87. The average molecular weight is 255 g/mol. The normalized spacial score (nSPS) is 16.4. The first-order valence-electron chi connectivity index (χ1n) is 6.72. The molecule has 0 bridgehead atoms. The second-order valence-electron chi connectivity index (χ2n) is 4.87. The van der Waals surface area contributed by atoms with Crippen LogP contribution < -0.4 is 0 Å². The minimum atomic E-state index is -0.565. The summed E-state index contributed by atoms with van der Waals surface area (Å²) in [7, 11) is 0. The summed E-state index contributed by atoms with van der Waals surface area (Å²) >= 11 is 0. The van der Waals surface area contributed by atoms with E-state index in [1.54, 1.807) is 6.20 Å². The van der Waals surface area contributed by atoms with Gasteiger partial charge in [-0.3, -0.25) is 0 Å². The van der Waals surface area contributed by atoms with Gasteiger partial charge >= 0.3 is 0 Å². The molecule has 0 aliphatic heterocycles. The molecule has 1 aromatic heterocycles. The van der Waals surface area contributed by atoms with Crippen LogP contribution in [0.25, 0.3) is 0 Å². The number of aliphatic hydroxyl groups excluding tert-OH is 2. The van der Waals surface area contributed by atoms with Crippen molar-refractivity contribution in [1.82, 2.24) is 4.98 Å². The second kappa shape index (κ2) is 8.29. The van der Waals surface area contributed by atoms with Crippen LogP contribution in [0.5, 0.6) is 0 Å². The number of hydrogen-bond donors (Lipinski definition) is 3. The largest absolute Gasteiger partial charge is 0.391 e. The van der Waals surface area contributed by atoms with Crippen molar-refractivity contribution < 1.29 is 14.9 Å². The molecule has 1 unspecified atom stereocenters. The number of hydrogen-bond acceptors (Lipinski definition) is 3. The van der Waals surface area contributed by atoms with Crippen molar-refractivity contribution in [2.75, 3.05) is 13.2 Å². The molecule has 0 aromatic carbocycles. The molecule has 4 nitrogen and oxygen atoms in total. The molecule has 4 heteroatoms. The zero-order chi connectivity index (χ0) is 13.4. The molecule has 1 rings (SSSR count). The summed E-state index contributed by atoms with van der Waals surface area (Å²) in [4.78, 5) is 2.99. The summed E-state index contributed by atoms with van der Waals surface area (Å²) in [6, 6.07) is 3.71. The molecule has 0 amide bonds. The summed E-state index contributed by atoms with van der Waals surface area (Å²) in [5.74, 6) is -0.00609. The number of rotatable bonds is 9. The predicted molar refractivity (Wildman–Crippen MR) is 71.3 cm³/mol. The van der Waals surface area contributed by atoms with Gasteiger partial charge in [0.25, 0.3) is 0 Å². The summed E-state index contributed by atoms with van der Waals surface area (Å²) < 4.78 is 5.37. The van der Waals surface area contributed by atoms with E-state index in [1.165, 1.54) is 0 Å². The summed E-state index contributed by atoms with van der Waals surface area (Å²) in [5.41, 5.74) is 0.793. The fraction of sp³-hybridized carbons (Fsp3) is 0.714. The third-order valence-corrected chi connectivity index (χ3v) is 3.08. The molecule has 3 atom stereocenters. The Bertz CT molecular complexity index is 300. The van der Waals surface area contributed by atoms with Crippen LogP contribution in [0.4, 0.5) is 0 Å². The van der Waals surface area contributed by atoms with E-state index in [2.05, 4.69) is 11.9 Å². The van der Waals surface area contributed by atoms with Gasteiger partial charge in [0, 0.05) is 18.5 Å². The molecule has 0 saturated heterocycles. The molecule has 0 radical (unpaired) electrons. The van der Waals surface area contributed by atoms with Crippen molar-refractivity contribution in [2.45, 2.75) is 45.3 Å². The van der Waals surface area contributed by atoms with Crippen molar-refractivity contribution in [3.8, 4) is 0 Å². The lowest BCUT2D eigenvalue weighted by molar-refractivity contribution is 0.00657. The summed E-state index contributed by atoms with van der Waals surface area (Å²) in [6.07, 6.45) is 3.36. The van der Waals surface area contributed by atoms with Gasteiger partial charge in [-0.1, -0.05) is 20.3 Å². The van der Waals surface area contributed by atoms with E-state index in [4.69, 9.17) is 4.74 Å². The minimum Gasteiger partial charge on any atom is -0.391 e. The number of unbranched alkanes of at least 4 members (excludes halogenated alkanes) is 1. The lowest BCUT2D eigenvalue weighted by atomic mass is 9.95. The van der Waals surface area contributed by atoms with Gasteiger partial charge < -0.3 is 19.9 Å². The van der Waals surface area contributed by atoms with Crippen LogP contribution in [0.3, 0.4) is 0 Å².